The summed E-state index contributed by atoms with van der Waals surface area (Å²) in [5, 5.41) is 0. The Morgan fingerprint density at radius 2 is 2.05 bits per heavy atom. The highest BCUT2D eigenvalue weighted by Crippen LogP contribution is 2.27. The minimum absolute atomic E-state index is 0.0177. The van der Waals surface area contributed by atoms with Crippen molar-refractivity contribution >= 4 is 27.7 Å². The van der Waals surface area contributed by atoms with Crippen molar-refractivity contribution in [3.8, 4) is 5.69 Å². The normalized spacial score (nSPS) is 10.7. The number of nitrogens with two attached hydrogens (primary N) is 1. The molecule has 1 aromatic heterocycles. The van der Waals surface area contributed by atoms with Crippen LogP contribution in [0.2, 0.25) is 0 Å². The molecule has 0 bridgehead atoms. The molecule has 0 saturated carbocycles. The Balaban J connectivity index is 2.68. The standard InChI is InChI=1S/C12H10BrF2N3O2/c1-5-17-10(12(19)20-2)11(16)18(5)9-3-6(13)7(14)4-8(9)15/h3-4H,16H2,1-2H3. The van der Waals surface area contributed by atoms with Gasteiger partial charge in [0.1, 0.15) is 23.3 Å². The van der Waals surface area contributed by atoms with Gasteiger partial charge in [0.25, 0.3) is 0 Å². The molecule has 0 saturated heterocycles. The van der Waals surface area contributed by atoms with Crippen LogP contribution in [-0.4, -0.2) is 22.6 Å². The Morgan fingerprint density at radius 1 is 1.40 bits per heavy atom. The zero-order valence-electron chi connectivity index (χ0n) is 10.6. The zero-order chi connectivity index (χ0) is 15.0. The Labute approximate surface area is 121 Å². The van der Waals surface area contributed by atoms with Crippen molar-refractivity contribution in [2.75, 3.05) is 12.8 Å². The van der Waals surface area contributed by atoms with Gasteiger partial charge in [-0.2, -0.15) is 0 Å². The number of nitrogen functional groups attached to an aromatic ring is 1. The molecule has 20 heavy (non-hydrogen) atoms. The number of hydrogen-bond donors (Lipinski definition) is 1. The monoisotopic (exact) mass is 345 g/mol. The average Bonchev–Trinajstić information content (AvgIpc) is 2.69. The third-order valence-electron chi connectivity index (χ3n) is 2.69. The second-order valence-electron chi connectivity index (χ2n) is 3.94. The van der Waals surface area contributed by atoms with E-state index in [0.717, 1.165) is 6.07 Å². The van der Waals surface area contributed by atoms with Gasteiger partial charge in [0.15, 0.2) is 5.69 Å². The maximum atomic E-state index is 13.9. The lowest BCUT2D eigenvalue weighted by Crippen LogP contribution is -2.09. The number of methoxy groups -OCH3 is 1. The molecule has 5 nitrogen and oxygen atoms in total. The fraction of sp³-hybridized carbons (Fsp3) is 0.167. The first-order valence-electron chi connectivity index (χ1n) is 5.44. The topological polar surface area (TPSA) is 70.1 Å². The Morgan fingerprint density at radius 3 is 2.65 bits per heavy atom. The molecule has 1 heterocycles. The third kappa shape index (κ3) is 2.26. The number of nitrogens with zero attached hydrogens (tertiary/aromatic N) is 2. The summed E-state index contributed by atoms with van der Waals surface area (Å²) >= 11 is 2.97. The van der Waals surface area contributed by atoms with E-state index in [9.17, 15) is 13.6 Å². The van der Waals surface area contributed by atoms with Crippen LogP contribution < -0.4 is 5.73 Å². The fourth-order valence-corrected chi connectivity index (χ4v) is 2.11. The largest absolute Gasteiger partial charge is 0.464 e. The Kier molecular flexibility index (Phi) is 3.76. The second kappa shape index (κ2) is 5.20. The number of aryl methyl sites for hydroxylation is 1. The number of rotatable bonds is 2. The molecular formula is C12H10BrF2N3O2. The lowest BCUT2D eigenvalue weighted by atomic mass is 10.3. The van der Waals surface area contributed by atoms with Crippen molar-refractivity contribution in [1.82, 2.24) is 9.55 Å². The predicted octanol–water partition coefficient (Wildman–Crippen LogP) is 2.59. The summed E-state index contributed by atoms with van der Waals surface area (Å²) in [6.07, 6.45) is 0. The molecule has 106 valence electrons. The third-order valence-corrected chi connectivity index (χ3v) is 3.30. The summed E-state index contributed by atoms with van der Waals surface area (Å²) in [6, 6.07) is 1.94. The number of carbonyl (C=O) groups excluding carboxylic acids is 1. The zero-order valence-corrected chi connectivity index (χ0v) is 12.2. The fourth-order valence-electron chi connectivity index (χ4n) is 1.78. The highest BCUT2D eigenvalue weighted by molar-refractivity contribution is 9.10. The lowest BCUT2D eigenvalue weighted by Gasteiger charge is -2.10. The van der Waals surface area contributed by atoms with Gasteiger partial charge in [0, 0.05) is 6.07 Å². The maximum absolute atomic E-state index is 13.9. The Hall–Kier alpha value is -1.96. The average molecular weight is 346 g/mol. The van der Waals surface area contributed by atoms with E-state index in [2.05, 4.69) is 25.7 Å². The van der Waals surface area contributed by atoms with Crippen molar-refractivity contribution < 1.29 is 18.3 Å². The van der Waals surface area contributed by atoms with Gasteiger partial charge >= 0.3 is 5.97 Å². The van der Waals surface area contributed by atoms with Crippen molar-refractivity contribution in [2.45, 2.75) is 6.92 Å². The van der Waals surface area contributed by atoms with Crippen LogP contribution in [0.15, 0.2) is 16.6 Å². The van der Waals surface area contributed by atoms with Crippen LogP contribution >= 0.6 is 15.9 Å². The van der Waals surface area contributed by atoms with Crippen molar-refractivity contribution in [3.05, 3.63) is 39.8 Å². The minimum Gasteiger partial charge on any atom is -0.464 e. The molecular weight excluding hydrogens is 336 g/mol. The molecule has 0 atom stereocenters. The molecule has 0 fully saturated rings. The van der Waals surface area contributed by atoms with Crippen molar-refractivity contribution in [3.63, 3.8) is 0 Å². The van der Waals surface area contributed by atoms with Gasteiger partial charge in [-0.25, -0.2) is 18.6 Å². The van der Waals surface area contributed by atoms with Crippen LogP contribution in [0.25, 0.3) is 5.69 Å². The van der Waals surface area contributed by atoms with Gasteiger partial charge in [0.2, 0.25) is 0 Å². The van der Waals surface area contributed by atoms with E-state index in [1.807, 2.05) is 0 Å². The maximum Gasteiger partial charge on any atom is 0.360 e. The SMILES string of the molecule is COC(=O)c1nc(C)n(-c2cc(Br)c(F)cc2F)c1N. The van der Waals surface area contributed by atoms with Crippen molar-refractivity contribution in [2.24, 2.45) is 0 Å². The molecule has 2 aromatic rings. The number of carbonyl (C=O) groups is 1. The summed E-state index contributed by atoms with van der Waals surface area (Å²) < 4.78 is 33.0. The molecule has 0 spiro atoms. The summed E-state index contributed by atoms with van der Waals surface area (Å²) in [5.41, 5.74) is 5.66. The molecule has 0 amide bonds. The van der Waals surface area contributed by atoms with Crippen LogP contribution in [0.3, 0.4) is 0 Å². The van der Waals surface area contributed by atoms with E-state index in [0.29, 0.717) is 0 Å². The smallest absolute Gasteiger partial charge is 0.360 e. The number of imidazole rings is 1. The minimum atomic E-state index is -0.825. The van der Waals surface area contributed by atoms with E-state index in [1.165, 1.54) is 17.7 Å². The number of halogens is 3. The summed E-state index contributed by atoms with van der Waals surface area (Å²) in [5.74, 6) is -2.09. The first kappa shape index (κ1) is 14.4. The predicted molar refractivity (Wildman–Crippen MR) is 71.7 cm³/mol. The van der Waals surface area contributed by atoms with E-state index >= 15 is 0 Å². The number of ether oxygens (including phenoxy) is 1. The second-order valence-corrected chi connectivity index (χ2v) is 4.79. The van der Waals surface area contributed by atoms with E-state index in [-0.39, 0.29) is 27.5 Å². The number of hydrogen-bond acceptors (Lipinski definition) is 4. The molecule has 1 aromatic carbocycles. The van der Waals surface area contributed by atoms with Crippen LogP contribution in [0.5, 0.6) is 0 Å². The molecule has 0 unspecified atom stereocenters. The van der Waals surface area contributed by atoms with Crippen LogP contribution in [0, 0.1) is 18.6 Å². The van der Waals surface area contributed by atoms with Gasteiger partial charge in [0.05, 0.1) is 17.3 Å². The summed E-state index contributed by atoms with van der Waals surface area (Å²) in [7, 11) is 1.19. The molecule has 0 radical (unpaired) electrons. The van der Waals surface area contributed by atoms with Gasteiger partial charge in [-0.05, 0) is 28.9 Å². The summed E-state index contributed by atoms with van der Waals surface area (Å²) in [6.45, 7) is 1.54. The van der Waals surface area contributed by atoms with Gasteiger partial charge in [-0.3, -0.25) is 4.57 Å². The van der Waals surface area contributed by atoms with Crippen LogP contribution in [-0.2, 0) is 4.74 Å². The molecule has 0 aliphatic heterocycles. The van der Waals surface area contributed by atoms with Gasteiger partial charge in [-0.1, -0.05) is 0 Å². The molecule has 0 aliphatic carbocycles. The van der Waals surface area contributed by atoms with E-state index < -0.39 is 17.6 Å². The number of benzene rings is 1. The summed E-state index contributed by atoms with van der Waals surface area (Å²) in [4.78, 5) is 15.4. The van der Waals surface area contributed by atoms with E-state index in [1.54, 1.807) is 6.92 Å². The quantitative estimate of drug-likeness (QED) is 0.670. The van der Waals surface area contributed by atoms with Crippen LogP contribution in [0.4, 0.5) is 14.6 Å². The number of esters is 1. The van der Waals surface area contributed by atoms with E-state index in [4.69, 9.17) is 5.73 Å². The first-order valence-corrected chi connectivity index (χ1v) is 6.24. The molecule has 8 heteroatoms. The van der Waals surface area contributed by atoms with Crippen LogP contribution in [0.1, 0.15) is 16.3 Å². The van der Waals surface area contributed by atoms with Gasteiger partial charge in [-0.15, -0.1) is 0 Å². The molecule has 2 N–H and O–H groups in total. The number of anilines is 1. The lowest BCUT2D eigenvalue weighted by molar-refractivity contribution is 0.0596. The highest BCUT2D eigenvalue weighted by Gasteiger charge is 2.22. The Bertz CT molecular complexity index is 700. The molecule has 0 aliphatic rings. The molecule has 2 rings (SSSR count). The first-order chi connectivity index (χ1) is 9.36. The number of aromatic nitrogens is 2. The van der Waals surface area contributed by atoms with Gasteiger partial charge < -0.3 is 10.5 Å². The van der Waals surface area contributed by atoms with Crippen molar-refractivity contribution in [1.29, 1.82) is 0 Å². The highest BCUT2D eigenvalue weighted by atomic mass is 79.9.